The fourth-order valence-corrected chi connectivity index (χ4v) is 2.42. The van der Waals surface area contributed by atoms with E-state index < -0.39 is 5.91 Å². The van der Waals surface area contributed by atoms with Crippen molar-refractivity contribution >= 4 is 35.0 Å². The smallest absolute Gasteiger partial charge is 0.272 e. The number of nitrogens with one attached hydrogen (secondary N) is 2. The van der Waals surface area contributed by atoms with E-state index in [2.05, 4.69) is 17.8 Å². The van der Waals surface area contributed by atoms with E-state index in [1.807, 2.05) is 0 Å². The lowest BCUT2D eigenvalue weighted by Crippen LogP contribution is -2.41. The molecule has 0 saturated heterocycles. The Labute approximate surface area is 135 Å². The van der Waals surface area contributed by atoms with Crippen LogP contribution in [0.25, 0.3) is 0 Å². The van der Waals surface area contributed by atoms with Gasteiger partial charge < -0.3 is 0 Å². The fourth-order valence-electron chi connectivity index (χ4n) is 1.86. The van der Waals surface area contributed by atoms with E-state index in [4.69, 9.17) is 23.2 Å². The number of rotatable bonds is 7. The number of hydrogen-bond donors (Lipinski definition) is 2. The Morgan fingerprint density at radius 2 is 1.62 bits per heavy atom. The van der Waals surface area contributed by atoms with Gasteiger partial charge in [-0.05, 0) is 18.6 Å². The molecule has 2 N–H and O–H groups in total. The Bertz CT molecular complexity index is 472. The lowest BCUT2D eigenvalue weighted by Gasteiger charge is -2.09. The quantitative estimate of drug-likeness (QED) is 0.583. The van der Waals surface area contributed by atoms with Crippen LogP contribution in [0.3, 0.4) is 0 Å². The lowest BCUT2D eigenvalue weighted by molar-refractivity contribution is -0.122. The Kier molecular flexibility index (Phi) is 8.16. The molecule has 0 bridgehead atoms. The molecule has 0 radical (unpaired) electrons. The molecule has 0 spiro atoms. The number of amides is 2. The molecule has 0 atom stereocenters. The number of halogens is 2. The molecule has 2 amide bonds. The van der Waals surface area contributed by atoms with Crippen molar-refractivity contribution in [1.29, 1.82) is 0 Å². The maximum Gasteiger partial charge on any atom is 0.272 e. The highest BCUT2D eigenvalue weighted by atomic mass is 35.5. The summed E-state index contributed by atoms with van der Waals surface area (Å²) in [6.45, 7) is 2.14. The molecule has 0 unspecified atom stereocenters. The molecule has 1 rings (SSSR count). The standard InChI is InChI=1S/C15H20Cl2N2O2/c1-2-3-4-5-6-10-13(20)18-19-15(21)14-11(16)8-7-9-12(14)17/h7-9H,2-6,10H2,1H3,(H,18,20)(H,19,21). The summed E-state index contributed by atoms with van der Waals surface area (Å²) in [5.74, 6) is -0.743. The van der Waals surface area contributed by atoms with Gasteiger partial charge in [-0.1, -0.05) is 61.9 Å². The van der Waals surface area contributed by atoms with Crippen molar-refractivity contribution in [2.75, 3.05) is 0 Å². The SMILES string of the molecule is CCCCCCCC(=O)NNC(=O)c1c(Cl)cccc1Cl. The molecule has 1 aromatic carbocycles. The molecule has 0 fully saturated rings. The molecular formula is C15H20Cl2N2O2. The first-order valence-corrected chi connectivity index (χ1v) is 7.85. The van der Waals surface area contributed by atoms with E-state index in [-0.39, 0.29) is 21.5 Å². The minimum absolute atomic E-state index is 0.157. The Morgan fingerprint density at radius 3 is 2.24 bits per heavy atom. The zero-order chi connectivity index (χ0) is 15.7. The molecule has 0 aliphatic carbocycles. The van der Waals surface area contributed by atoms with Crippen molar-refractivity contribution in [3.63, 3.8) is 0 Å². The largest absolute Gasteiger partial charge is 0.273 e. The van der Waals surface area contributed by atoms with Crippen LogP contribution in [0.1, 0.15) is 55.8 Å². The summed E-state index contributed by atoms with van der Waals surface area (Å²) in [5.41, 5.74) is 4.85. The first kappa shape index (κ1) is 17.8. The summed E-state index contributed by atoms with van der Waals surface area (Å²) < 4.78 is 0. The highest BCUT2D eigenvalue weighted by molar-refractivity contribution is 6.39. The predicted molar refractivity (Wildman–Crippen MR) is 85.4 cm³/mol. The number of unbranched alkanes of at least 4 members (excludes halogenated alkanes) is 4. The Balaban J connectivity index is 2.34. The predicted octanol–water partition coefficient (Wildman–Crippen LogP) is 4.11. The second-order valence-electron chi connectivity index (χ2n) is 4.76. The van der Waals surface area contributed by atoms with Gasteiger partial charge in [0.15, 0.2) is 0 Å². The van der Waals surface area contributed by atoms with E-state index in [1.165, 1.54) is 12.8 Å². The number of benzene rings is 1. The van der Waals surface area contributed by atoms with Crippen molar-refractivity contribution < 1.29 is 9.59 Å². The molecular weight excluding hydrogens is 311 g/mol. The van der Waals surface area contributed by atoms with Crippen molar-refractivity contribution in [3.05, 3.63) is 33.8 Å². The number of carbonyl (C=O) groups is 2. The van der Waals surface area contributed by atoms with Crippen molar-refractivity contribution in [3.8, 4) is 0 Å². The van der Waals surface area contributed by atoms with Gasteiger partial charge in [0.2, 0.25) is 5.91 Å². The molecule has 0 aromatic heterocycles. The zero-order valence-electron chi connectivity index (χ0n) is 12.0. The molecule has 116 valence electrons. The minimum atomic E-state index is -0.523. The van der Waals surface area contributed by atoms with E-state index in [9.17, 15) is 9.59 Å². The fraction of sp³-hybridized carbons (Fsp3) is 0.467. The second-order valence-corrected chi connectivity index (χ2v) is 5.58. The number of hydrazine groups is 1. The summed E-state index contributed by atoms with van der Waals surface area (Å²) in [4.78, 5) is 23.5. The van der Waals surface area contributed by atoms with Gasteiger partial charge in [0.05, 0.1) is 15.6 Å². The topological polar surface area (TPSA) is 58.2 Å². The zero-order valence-corrected chi connectivity index (χ0v) is 13.6. The van der Waals surface area contributed by atoms with Gasteiger partial charge in [-0.15, -0.1) is 0 Å². The summed E-state index contributed by atoms with van der Waals surface area (Å²) in [6.07, 6.45) is 5.70. The summed E-state index contributed by atoms with van der Waals surface area (Å²) in [6, 6.07) is 4.78. The Morgan fingerprint density at radius 1 is 1.00 bits per heavy atom. The maximum atomic E-state index is 11.9. The first-order chi connectivity index (χ1) is 10.1. The third-order valence-electron chi connectivity index (χ3n) is 3.01. The summed E-state index contributed by atoms with van der Waals surface area (Å²) in [5, 5.41) is 0.489. The van der Waals surface area contributed by atoms with Crippen LogP contribution < -0.4 is 10.9 Å². The van der Waals surface area contributed by atoms with Crippen LogP contribution in [0.15, 0.2) is 18.2 Å². The third kappa shape index (κ3) is 6.36. The second kappa shape index (κ2) is 9.64. The number of carbonyl (C=O) groups excluding carboxylic acids is 2. The van der Waals surface area contributed by atoms with E-state index >= 15 is 0 Å². The van der Waals surface area contributed by atoms with E-state index in [0.29, 0.717) is 6.42 Å². The highest BCUT2D eigenvalue weighted by Crippen LogP contribution is 2.23. The van der Waals surface area contributed by atoms with E-state index in [1.54, 1.807) is 18.2 Å². The summed E-state index contributed by atoms with van der Waals surface area (Å²) in [7, 11) is 0. The number of hydrogen-bond acceptors (Lipinski definition) is 2. The van der Waals surface area contributed by atoms with E-state index in [0.717, 1.165) is 19.3 Å². The molecule has 6 heteroatoms. The van der Waals surface area contributed by atoms with Gasteiger partial charge >= 0.3 is 0 Å². The van der Waals surface area contributed by atoms with Crippen LogP contribution in [0.4, 0.5) is 0 Å². The van der Waals surface area contributed by atoms with Crippen molar-refractivity contribution in [2.45, 2.75) is 45.4 Å². The normalized spacial score (nSPS) is 10.2. The van der Waals surface area contributed by atoms with Gasteiger partial charge in [0, 0.05) is 6.42 Å². The van der Waals surface area contributed by atoms with Crippen LogP contribution in [0.5, 0.6) is 0 Å². The monoisotopic (exact) mass is 330 g/mol. The molecule has 4 nitrogen and oxygen atoms in total. The first-order valence-electron chi connectivity index (χ1n) is 7.09. The molecule has 21 heavy (non-hydrogen) atoms. The van der Waals surface area contributed by atoms with Crippen LogP contribution in [-0.2, 0) is 4.79 Å². The molecule has 0 aliphatic rings. The molecule has 0 saturated carbocycles. The van der Waals surface area contributed by atoms with Crippen LogP contribution in [0.2, 0.25) is 10.0 Å². The summed E-state index contributed by atoms with van der Waals surface area (Å²) >= 11 is 11.8. The average Bonchev–Trinajstić information content (AvgIpc) is 2.44. The van der Waals surface area contributed by atoms with Gasteiger partial charge in [-0.25, -0.2) is 0 Å². The van der Waals surface area contributed by atoms with Gasteiger partial charge in [0.1, 0.15) is 0 Å². The molecule has 0 heterocycles. The van der Waals surface area contributed by atoms with Crippen LogP contribution in [0, 0.1) is 0 Å². The van der Waals surface area contributed by atoms with Crippen molar-refractivity contribution in [1.82, 2.24) is 10.9 Å². The van der Waals surface area contributed by atoms with Crippen LogP contribution >= 0.6 is 23.2 Å². The molecule has 1 aromatic rings. The third-order valence-corrected chi connectivity index (χ3v) is 3.64. The van der Waals surface area contributed by atoms with Crippen molar-refractivity contribution in [2.24, 2.45) is 0 Å². The minimum Gasteiger partial charge on any atom is -0.273 e. The van der Waals surface area contributed by atoms with Gasteiger partial charge in [-0.3, -0.25) is 20.4 Å². The molecule has 0 aliphatic heterocycles. The Hall–Kier alpha value is -1.26. The van der Waals surface area contributed by atoms with Gasteiger partial charge in [-0.2, -0.15) is 0 Å². The lowest BCUT2D eigenvalue weighted by atomic mass is 10.1. The maximum absolute atomic E-state index is 11.9. The average molecular weight is 331 g/mol. The highest BCUT2D eigenvalue weighted by Gasteiger charge is 2.14. The van der Waals surface area contributed by atoms with Gasteiger partial charge in [0.25, 0.3) is 5.91 Å². The van der Waals surface area contributed by atoms with Crippen LogP contribution in [-0.4, -0.2) is 11.8 Å².